The summed E-state index contributed by atoms with van der Waals surface area (Å²) >= 11 is 0. The van der Waals surface area contributed by atoms with Crippen molar-refractivity contribution in [2.45, 2.75) is 6.92 Å². The van der Waals surface area contributed by atoms with Crippen molar-refractivity contribution in [2.24, 2.45) is 4.99 Å². The number of nitrogens with zero attached hydrogens (tertiary/aromatic N) is 1. The number of ketones is 1. The number of hydrogen-bond acceptors (Lipinski definition) is 2. The molecule has 0 atom stereocenters. The summed E-state index contributed by atoms with van der Waals surface area (Å²) in [6.07, 6.45) is 0. The fourth-order valence-corrected chi connectivity index (χ4v) is 2.39. The Morgan fingerprint density at radius 3 is 1.57 bits per heavy atom. The van der Waals surface area contributed by atoms with Crippen LogP contribution < -0.4 is 0 Å². The van der Waals surface area contributed by atoms with E-state index in [1.807, 2.05) is 60.7 Å². The highest BCUT2D eigenvalue weighted by atomic mass is 16.1. The maximum Gasteiger partial charge on any atom is 0.159 e. The van der Waals surface area contributed by atoms with Crippen LogP contribution in [0.2, 0.25) is 0 Å². The highest BCUT2D eigenvalue weighted by molar-refractivity contribution is 6.13. The Morgan fingerprint density at radius 2 is 1.13 bits per heavy atom. The molecule has 112 valence electrons. The van der Waals surface area contributed by atoms with Crippen molar-refractivity contribution >= 4 is 17.2 Å². The Bertz CT molecular complexity index is 777. The van der Waals surface area contributed by atoms with Crippen molar-refractivity contribution in [3.63, 3.8) is 0 Å². The van der Waals surface area contributed by atoms with Crippen LogP contribution in [0.3, 0.4) is 0 Å². The van der Waals surface area contributed by atoms with Crippen molar-refractivity contribution in [2.75, 3.05) is 0 Å². The van der Waals surface area contributed by atoms with Crippen molar-refractivity contribution < 1.29 is 4.79 Å². The highest BCUT2D eigenvalue weighted by Gasteiger charge is 2.07. The van der Waals surface area contributed by atoms with Crippen LogP contribution in [0.5, 0.6) is 0 Å². The van der Waals surface area contributed by atoms with Crippen molar-refractivity contribution in [1.82, 2.24) is 0 Å². The SMILES string of the molecule is CC(=O)c1ccc(N=C(c2ccccc2)c2ccccc2)cc1. The monoisotopic (exact) mass is 299 g/mol. The standard InChI is InChI=1S/C21H17NO/c1-16(23)17-12-14-20(15-13-17)22-21(18-8-4-2-5-9-18)19-10-6-3-7-11-19/h2-15H,1H3. The Balaban J connectivity index is 2.06. The molecule has 3 aromatic carbocycles. The Kier molecular flexibility index (Phi) is 4.44. The van der Waals surface area contributed by atoms with Gasteiger partial charge in [-0.1, -0.05) is 60.7 Å². The third kappa shape index (κ3) is 3.61. The molecule has 0 bridgehead atoms. The van der Waals surface area contributed by atoms with E-state index in [4.69, 9.17) is 4.99 Å². The maximum atomic E-state index is 11.4. The van der Waals surface area contributed by atoms with Gasteiger partial charge >= 0.3 is 0 Å². The average molecular weight is 299 g/mol. The first-order valence-electron chi connectivity index (χ1n) is 7.54. The van der Waals surface area contributed by atoms with E-state index in [-0.39, 0.29) is 5.78 Å². The van der Waals surface area contributed by atoms with Crippen LogP contribution >= 0.6 is 0 Å². The second-order valence-electron chi connectivity index (χ2n) is 5.30. The number of Topliss-reactive ketones (excluding diaryl/α,β-unsaturated/α-hetero) is 1. The molecule has 0 N–H and O–H groups in total. The summed E-state index contributed by atoms with van der Waals surface area (Å²) in [5.74, 6) is 0.0619. The third-order valence-corrected chi connectivity index (χ3v) is 3.61. The normalized spacial score (nSPS) is 10.1. The van der Waals surface area contributed by atoms with E-state index in [2.05, 4.69) is 24.3 Å². The van der Waals surface area contributed by atoms with Crippen LogP contribution in [-0.2, 0) is 0 Å². The molecule has 0 saturated carbocycles. The zero-order valence-corrected chi connectivity index (χ0v) is 12.9. The van der Waals surface area contributed by atoms with Crippen LogP contribution in [0.15, 0.2) is 89.9 Å². The lowest BCUT2D eigenvalue weighted by Gasteiger charge is -2.08. The third-order valence-electron chi connectivity index (χ3n) is 3.61. The van der Waals surface area contributed by atoms with Gasteiger partial charge in [-0.3, -0.25) is 4.79 Å². The van der Waals surface area contributed by atoms with Crippen LogP contribution in [0.25, 0.3) is 0 Å². The first-order valence-corrected chi connectivity index (χ1v) is 7.54. The number of aliphatic imine (C=N–C) groups is 1. The number of benzene rings is 3. The van der Waals surface area contributed by atoms with Gasteiger partial charge in [0.1, 0.15) is 0 Å². The first-order chi connectivity index (χ1) is 11.2. The van der Waals surface area contributed by atoms with Gasteiger partial charge in [0.2, 0.25) is 0 Å². The summed E-state index contributed by atoms with van der Waals surface area (Å²) in [6, 6.07) is 27.6. The molecule has 0 fully saturated rings. The smallest absolute Gasteiger partial charge is 0.159 e. The summed E-state index contributed by atoms with van der Waals surface area (Å²) in [5.41, 5.74) is 4.58. The van der Waals surface area contributed by atoms with E-state index in [9.17, 15) is 4.79 Å². The maximum absolute atomic E-state index is 11.4. The van der Waals surface area contributed by atoms with Gasteiger partial charge in [-0.2, -0.15) is 0 Å². The molecule has 0 aliphatic rings. The second-order valence-corrected chi connectivity index (χ2v) is 5.30. The molecule has 0 aliphatic heterocycles. The lowest BCUT2D eigenvalue weighted by molar-refractivity contribution is 0.101. The molecule has 2 nitrogen and oxygen atoms in total. The van der Waals surface area contributed by atoms with E-state index in [1.54, 1.807) is 6.92 Å². The topological polar surface area (TPSA) is 29.4 Å². The number of rotatable bonds is 4. The molecule has 0 unspecified atom stereocenters. The molecular formula is C21H17NO. The number of hydrogen-bond donors (Lipinski definition) is 0. The summed E-state index contributed by atoms with van der Waals surface area (Å²) < 4.78 is 0. The summed E-state index contributed by atoms with van der Waals surface area (Å²) in [6.45, 7) is 1.57. The van der Waals surface area contributed by atoms with E-state index in [0.29, 0.717) is 5.56 Å². The van der Waals surface area contributed by atoms with Crippen molar-refractivity contribution in [3.8, 4) is 0 Å². The van der Waals surface area contributed by atoms with Crippen LogP contribution in [0.4, 0.5) is 5.69 Å². The van der Waals surface area contributed by atoms with E-state index >= 15 is 0 Å². The van der Waals surface area contributed by atoms with Gasteiger partial charge in [-0.05, 0) is 31.2 Å². The molecule has 2 heteroatoms. The molecule has 0 aromatic heterocycles. The van der Waals surface area contributed by atoms with Gasteiger partial charge < -0.3 is 0 Å². The van der Waals surface area contributed by atoms with E-state index in [1.165, 1.54) is 0 Å². The molecule has 0 amide bonds. The molecule has 23 heavy (non-hydrogen) atoms. The number of carbonyl (C=O) groups is 1. The van der Waals surface area contributed by atoms with E-state index in [0.717, 1.165) is 22.5 Å². The van der Waals surface area contributed by atoms with E-state index < -0.39 is 0 Å². The minimum atomic E-state index is 0.0619. The molecule has 0 heterocycles. The lowest BCUT2D eigenvalue weighted by atomic mass is 10.0. The summed E-state index contributed by atoms with van der Waals surface area (Å²) in [4.78, 5) is 16.2. The predicted molar refractivity (Wildman–Crippen MR) is 94.6 cm³/mol. The van der Waals surface area contributed by atoms with Gasteiger partial charge in [-0.25, -0.2) is 4.99 Å². The Hall–Kier alpha value is -3.00. The molecule has 3 aromatic rings. The number of carbonyl (C=O) groups excluding carboxylic acids is 1. The molecule has 0 saturated heterocycles. The fraction of sp³-hybridized carbons (Fsp3) is 0.0476. The summed E-state index contributed by atoms with van der Waals surface area (Å²) in [5, 5.41) is 0. The largest absolute Gasteiger partial charge is 0.295 e. The zero-order chi connectivity index (χ0) is 16.1. The van der Waals surface area contributed by atoms with Crippen LogP contribution in [0.1, 0.15) is 28.4 Å². The molecule has 0 spiro atoms. The molecule has 0 radical (unpaired) electrons. The van der Waals surface area contributed by atoms with Gasteiger partial charge in [0.05, 0.1) is 11.4 Å². The highest BCUT2D eigenvalue weighted by Crippen LogP contribution is 2.19. The average Bonchev–Trinajstić information content (AvgIpc) is 2.61. The molecule has 0 aliphatic carbocycles. The van der Waals surface area contributed by atoms with Crippen molar-refractivity contribution in [1.29, 1.82) is 0 Å². The second kappa shape index (κ2) is 6.84. The fourth-order valence-electron chi connectivity index (χ4n) is 2.39. The minimum absolute atomic E-state index is 0.0619. The minimum Gasteiger partial charge on any atom is -0.295 e. The van der Waals surface area contributed by atoms with Gasteiger partial charge in [0.25, 0.3) is 0 Å². The zero-order valence-electron chi connectivity index (χ0n) is 12.9. The molecular weight excluding hydrogens is 282 g/mol. The molecule has 3 rings (SSSR count). The Labute approximate surface area is 136 Å². The van der Waals surface area contributed by atoms with Crippen LogP contribution in [-0.4, -0.2) is 11.5 Å². The first kappa shape index (κ1) is 14.9. The quantitative estimate of drug-likeness (QED) is 0.489. The predicted octanol–water partition coefficient (Wildman–Crippen LogP) is 5.06. The Morgan fingerprint density at radius 1 is 0.652 bits per heavy atom. The van der Waals surface area contributed by atoms with Gasteiger partial charge in [0, 0.05) is 16.7 Å². The van der Waals surface area contributed by atoms with Gasteiger partial charge in [-0.15, -0.1) is 0 Å². The van der Waals surface area contributed by atoms with Crippen LogP contribution in [0, 0.1) is 0 Å². The lowest BCUT2D eigenvalue weighted by Crippen LogP contribution is -2.02. The summed E-state index contributed by atoms with van der Waals surface area (Å²) in [7, 11) is 0. The van der Waals surface area contributed by atoms with Gasteiger partial charge in [0.15, 0.2) is 5.78 Å². The van der Waals surface area contributed by atoms with Crippen molar-refractivity contribution in [3.05, 3.63) is 102 Å².